The van der Waals surface area contributed by atoms with Gasteiger partial charge in [0.15, 0.2) is 24.8 Å². The lowest BCUT2D eigenvalue weighted by Gasteiger charge is -2.42. The van der Waals surface area contributed by atoms with Crippen molar-refractivity contribution in [3.05, 3.63) is 89.5 Å². The van der Waals surface area contributed by atoms with Gasteiger partial charge in [-0.25, -0.2) is 8.42 Å². The Labute approximate surface area is 280 Å². The van der Waals surface area contributed by atoms with Crippen molar-refractivity contribution in [1.82, 2.24) is 0 Å². The van der Waals surface area contributed by atoms with E-state index in [-0.39, 0.29) is 10.9 Å². The van der Waals surface area contributed by atoms with Crippen LogP contribution in [0.4, 0.5) is 74.6 Å². The van der Waals surface area contributed by atoms with Gasteiger partial charge in [-0.05, 0) is 45.0 Å². The van der Waals surface area contributed by atoms with Crippen LogP contribution in [0.15, 0.2) is 87.5 Å². The molecule has 3 nitrogen and oxygen atoms in total. The zero-order valence-corrected chi connectivity index (χ0v) is 27.0. The first-order chi connectivity index (χ1) is 22.7. The molecule has 0 saturated carbocycles. The molecule has 0 saturated heterocycles. The third-order valence-corrected chi connectivity index (χ3v) is 10.2. The smallest absolute Gasteiger partial charge is 0.460 e. The predicted molar refractivity (Wildman–Crippen MR) is 146 cm³/mol. The highest BCUT2D eigenvalue weighted by atomic mass is 32.2. The zero-order valence-electron chi connectivity index (χ0n) is 25.4. The van der Waals surface area contributed by atoms with Crippen LogP contribution in [-0.4, -0.2) is 59.9 Å². The molecule has 0 unspecified atom stereocenters. The average Bonchev–Trinajstić information content (AvgIpc) is 2.98. The minimum Gasteiger partial charge on any atom is -0.743 e. The third kappa shape index (κ3) is 7.36. The van der Waals surface area contributed by atoms with Crippen molar-refractivity contribution in [2.75, 3.05) is 0 Å². The first-order valence-electron chi connectivity index (χ1n) is 13.3. The highest BCUT2D eigenvalue weighted by Gasteiger charge is 2.95. The predicted octanol–water partition coefficient (Wildman–Crippen LogP) is 10.2. The van der Waals surface area contributed by atoms with Gasteiger partial charge in [-0.3, -0.25) is 0 Å². The van der Waals surface area contributed by atoms with E-state index >= 15 is 0 Å². The monoisotopic (exact) mass is 804 g/mol. The van der Waals surface area contributed by atoms with Crippen LogP contribution in [0.25, 0.3) is 0 Å². The molecule has 0 radical (unpaired) electrons. The molecular formula is C29H21F17O3S2. The molecule has 0 spiro atoms. The third-order valence-electron chi connectivity index (χ3n) is 6.77. The van der Waals surface area contributed by atoms with Gasteiger partial charge in [0.2, 0.25) is 0 Å². The Morgan fingerprint density at radius 2 is 0.784 bits per heavy atom. The van der Waals surface area contributed by atoms with E-state index in [1.807, 2.05) is 0 Å². The van der Waals surface area contributed by atoms with Gasteiger partial charge in [0.05, 0.1) is 10.9 Å². The van der Waals surface area contributed by atoms with Crippen LogP contribution in [0, 0.1) is 20.8 Å². The molecule has 3 aromatic carbocycles. The van der Waals surface area contributed by atoms with Crippen molar-refractivity contribution in [1.29, 1.82) is 0 Å². The van der Waals surface area contributed by atoms with E-state index in [1.54, 1.807) is 0 Å². The molecule has 0 bridgehead atoms. The standard InChI is InChI=1S/C21H21S.C8HF17O3S/c1-16-14-17(2)21(18(3)15-16)22(19-10-6-4-7-11-19)20-12-8-5-9-13-20;9-1(10,3(13,14)5(17,18)7(21,22)23)2(11,12)4(15,16)6(19,20)8(24,25)29(26,27)28/h4-15H,1-3H3;(H,26,27,28)/q+1;/p-1. The van der Waals surface area contributed by atoms with Gasteiger partial charge in [-0.15, -0.1) is 0 Å². The fourth-order valence-corrected chi connectivity index (χ4v) is 7.09. The number of rotatable bonds is 10. The fourth-order valence-electron chi connectivity index (χ4n) is 4.28. The van der Waals surface area contributed by atoms with E-state index in [0.717, 1.165) is 0 Å². The minimum absolute atomic E-state index is 0.0460. The van der Waals surface area contributed by atoms with Crippen molar-refractivity contribution in [3.63, 3.8) is 0 Å². The molecule has 0 aromatic heterocycles. The summed E-state index contributed by atoms with van der Waals surface area (Å²) in [5.41, 5.74) is 4.10. The van der Waals surface area contributed by atoms with Crippen LogP contribution >= 0.6 is 0 Å². The first-order valence-corrected chi connectivity index (χ1v) is 15.9. The highest BCUT2D eigenvalue weighted by Crippen LogP contribution is 2.64. The molecule has 0 amide bonds. The van der Waals surface area contributed by atoms with Crippen molar-refractivity contribution in [2.45, 2.75) is 82.4 Å². The van der Waals surface area contributed by atoms with Gasteiger partial charge in [-0.1, -0.05) is 54.1 Å². The number of alkyl halides is 17. The second-order valence-corrected chi connectivity index (χ2v) is 14.0. The van der Waals surface area contributed by atoms with Gasteiger partial charge < -0.3 is 4.55 Å². The summed E-state index contributed by atoms with van der Waals surface area (Å²) in [6, 6.07) is 26.3. The van der Waals surface area contributed by atoms with Crippen molar-refractivity contribution in [3.8, 4) is 0 Å². The molecule has 0 aliphatic carbocycles. The molecule has 0 N–H and O–H groups in total. The highest BCUT2D eigenvalue weighted by molar-refractivity contribution is 7.97. The zero-order chi connectivity index (χ0) is 40.0. The molecule has 0 heterocycles. The lowest BCUT2D eigenvalue weighted by atomic mass is 9.91. The van der Waals surface area contributed by atoms with Gasteiger partial charge >= 0.3 is 47.0 Å². The second-order valence-electron chi connectivity index (χ2n) is 10.6. The van der Waals surface area contributed by atoms with Crippen LogP contribution in [0.2, 0.25) is 0 Å². The summed E-state index contributed by atoms with van der Waals surface area (Å²) in [7, 11) is -8.19. The molecular weight excluding hydrogens is 783 g/mol. The summed E-state index contributed by atoms with van der Waals surface area (Å²) >= 11 is 0. The van der Waals surface area contributed by atoms with Crippen molar-refractivity contribution >= 4 is 21.0 Å². The summed E-state index contributed by atoms with van der Waals surface area (Å²) in [4.78, 5) is 4.22. The Bertz CT molecular complexity index is 1720. The van der Waals surface area contributed by atoms with Crippen LogP contribution in [0.5, 0.6) is 0 Å². The second kappa shape index (κ2) is 13.9. The topological polar surface area (TPSA) is 57.2 Å². The summed E-state index contributed by atoms with van der Waals surface area (Å²) in [5.74, 6) is -52.1. The Balaban J connectivity index is 0.000000364. The SMILES string of the molecule is Cc1cc(C)c([S+](c2ccccc2)c2ccccc2)c(C)c1.O=S(=O)([O-])C(F)(F)C(F)(F)C(F)(F)C(F)(F)C(F)(F)C(F)(F)C(F)(F)C(F)(F)F. The summed E-state index contributed by atoms with van der Waals surface area (Å²) in [5, 5.41) is -7.95. The Hall–Kier alpha value is -3.27. The Morgan fingerprint density at radius 1 is 0.490 bits per heavy atom. The molecule has 0 aliphatic heterocycles. The molecule has 286 valence electrons. The summed E-state index contributed by atoms with van der Waals surface area (Å²) < 4.78 is 244. The van der Waals surface area contributed by atoms with Gasteiger partial charge in [0, 0.05) is 11.1 Å². The van der Waals surface area contributed by atoms with Crippen LogP contribution in [0.1, 0.15) is 16.7 Å². The minimum atomic E-state index is -8.92. The summed E-state index contributed by atoms with van der Waals surface area (Å²) in [6.45, 7) is 6.65. The first kappa shape index (κ1) is 43.9. The quantitative estimate of drug-likeness (QED) is 0.117. The normalized spacial score (nSPS) is 14.3. The van der Waals surface area contributed by atoms with Crippen molar-refractivity contribution < 1.29 is 87.6 Å². The maximum atomic E-state index is 13.0. The lowest BCUT2D eigenvalue weighted by Crippen LogP contribution is -2.75. The van der Waals surface area contributed by atoms with Gasteiger partial charge in [0.25, 0.3) is 0 Å². The maximum absolute atomic E-state index is 13.0. The molecule has 0 aliphatic rings. The molecule has 0 atom stereocenters. The molecule has 0 fully saturated rings. The molecule has 3 aromatic rings. The van der Waals surface area contributed by atoms with E-state index in [0.29, 0.717) is 0 Å². The van der Waals surface area contributed by atoms with E-state index in [9.17, 15) is 87.6 Å². The van der Waals surface area contributed by atoms with E-state index in [2.05, 4.69) is 93.6 Å². The Morgan fingerprint density at radius 3 is 1.08 bits per heavy atom. The molecule has 22 heteroatoms. The molecule has 3 rings (SSSR count). The number of hydrogen-bond acceptors (Lipinski definition) is 3. The summed E-state index contributed by atoms with van der Waals surface area (Å²) in [6.07, 6.45) is -7.89. The van der Waals surface area contributed by atoms with Gasteiger partial charge in [0.1, 0.15) is 0 Å². The number of halogens is 17. The number of aryl methyl sites for hydroxylation is 3. The maximum Gasteiger partial charge on any atom is 0.460 e. The van der Waals surface area contributed by atoms with Crippen LogP contribution in [-0.2, 0) is 21.0 Å². The van der Waals surface area contributed by atoms with Gasteiger partial charge in [-0.2, -0.15) is 74.6 Å². The largest absolute Gasteiger partial charge is 0.743 e. The number of benzene rings is 3. The van der Waals surface area contributed by atoms with Crippen LogP contribution in [0.3, 0.4) is 0 Å². The average molecular weight is 805 g/mol. The number of hydrogen-bond donors (Lipinski definition) is 0. The van der Waals surface area contributed by atoms with E-state index in [4.69, 9.17) is 0 Å². The van der Waals surface area contributed by atoms with Crippen LogP contribution < -0.4 is 0 Å². The van der Waals surface area contributed by atoms with Crippen molar-refractivity contribution in [2.24, 2.45) is 0 Å². The Kier molecular flexibility index (Phi) is 12.0. The lowest BCUT2D eigenvalue weighted by molar-refractivity contribution is -0.458. The fraction of sp³-hybridized carbons (Fsp3) is 0.379. The van der Waals surface area contributed by atoms with E-state index in [1.165, 1.54) is 31.4 Å². The van der Waals surface area contributed by atoms with E-state index < -0.39 is 57.1 Å². The molecule has 51 heavy (non-hydrogen) atoms.